The number of benzene rings is 1. The summed E-state index contributed by atoms with van der Waals surface area (Å²) in [6, 6.07) is 5.44. The lowest BCUT2D eigenvalue weighted by Gasteiger charge is -2.35. The molecule has 0 bridgehead atoms. The summed E-state index contributed by atoms with van der Waals surface area (Å²) in [6.07, 6.45) is 6.73. The molecule has 6 heteroatoms. The van der Waals surface area contributed by atoms with Crippen molar-refractivity contribution >= 4 is 28.3 Å². The van der Waals surface area contributed by atoms with Crippen LogP contribution in [0.3, 0.4) is 0 Å². The molecule has 5 nitrogen and oxygen atoms in total. The molecule has 0 aromatic heterocycles. The molecule has 1 atom stereocenters. The number of thioether (sulfide) groups is 1. The van der Waals surface area contributed by atoms with Crippen molar-refractivity contribution in [1.29, 1.82) is 0 Å². The molecule has 1 aromatic carbocycles. The number of rotatable bonds is 4. The Balaban J connectivity index is 1.79. The van der Waals surface area contributed by atoms with Crippen molar-refractivity contribution in [3.05, 3.63) is 33.9 Å². The highest BCUT2D eigenvalue weighted by atomic mass is 32.2. The molecule has 0 N–H and O–H groups in total. The van der Waals surface area contributed by atoms with Gasteiger partial charge in [0.15, 0.2) is 5.17 Å². The van der Waals surface area contributed by atoms with E-state index in [1.54, 1.807) is 30.0 Å². The standard InChI is InChI=1S/C18H25N3O2S/c1-13-12-16(21(22)23)8-9-17(13)19-18-20(10-11-24-18)14(2)15-6-4-3-5-7-15/h8-9,12,14-15H,3-7,10-11H2,1-2H3. The number of amidine groups is 1. The number of hydrogen-bond acceptors (Lipinski definition) is 4. The lowest BCUT2D eigenvalue weighted by Crippen LogP contribution is -2.39. The molecule has 24 heavy (non-hydrogen) atoms. The predicted octanol–water partition coefficient (Wildman–Crippen LogP) is 4.91. The number of nitro benzene ring substituents is 1. The molecule has 1 heterocycles. The highest BCUT2D eigenvalue weighted by molar-refractivity contribution is 8.14. The molecule has 0 amide bonds. The lowest BCUT2D eigenvalue weighted by molar-refractivity contribution is -0.384. The van der Waals surface area contributed by atoms with Gasteiger partial charge in [0, 0.05) is 30.5 Å². The second kappa shape index (κ2) is 7.55. The van der Waals surface area contributed by atoms with Crippen molar-refractivity contribution in [3.63, 3.8) is 0 Å². The van der Waals surface area contributed by atoms with Crippen LogP contribution in [0, 0.1) is 23.0 Å². The highest BCUT2D eigenvalue weighted by Crippen LogP contribution is 2.34. The smallest absolute Gasteiger partial charge is 0.269 e. The van der Waals surface area contributed by atoms with Crippen molar-refractivity contribution in [3.8, 4) is 0 Å². The van der Waals surface area contributed by atoms with Gasteiger partial charge in [0.25, 0.3) is 5.69 Å². The lowest BCUT2D eigenvalue weighted by atomic mass is 9.84. The highest BCUT2D eigenvalue weighted by Gasteiger charge is 2.30. The summed E-state index contributed by atoms with van der Waals surface area (Å²) < 4.78 is 0. The maximum atomic E-state index is 10.9. The summed E-state index contributed by atoms with van der Waals surface area (Å²) in [5.41, 5.74) is 1.82. The Labute approximate surface area is 147 Å². The number of hydrogen-bond donors (Lipinski definition) is 0. The molecule has 1 aliphatic heterocycles. The van der Waals surface area contributed by atoms with Gasteiger partial charge in [-0.3, -0.25) is 10.1 Å². The van der Waals surface area contributed by atoms with Crippen molar-refractivity contribution in [2.45, 2.75) is 52.0 Å². The Morgan fingerprint density at radius 3 is 2.75 bits per heavy atom. The summed E-state index contributed by atoms with van der Waals surface area (Å²) in [6.45, 7) is 5.27. The van der Waals surface area contributed by atoms with Crippen LogP contribution >= 0.6 is 11.8 Å². The van der Waals surface area contributed by atoms with Gasteiger partial charge in [-0.05, 0) is 44.2 Å². The number of nitro groups is 1. The number of aryl methyl sites for hydroxylation is 1. The summed E-state index contributed by atoms with van der Waals surface area (Å²) in [5.74, 6) is 1.84. The molecule has 1 saturated carbocycles. The maximum absolute atomic E-state index is 10.9. The van der Waals surface area contributed by atoms with Crippen molar-refractivity contribution in [1.82, 2.24) is 4.90 Å². The van der Waals surface area contributed by atoms with Crippen LogP contribution in [0.15, 0.2) is 23.2 Å². The Bertz CT molecular complexity index is 641. The van der Waals surface area contributed by atoms with Crippen LogP contribution in [0.1, 0.15) is 44.6 Å². The van der Waals surface area contributed by atoms with E-state index in [4.69, 9.17) is 4.99 Å². The summed E-state index contributed by atoms with van der Waals surface area (Å²) in [4.78, 5) is 17.8. The van der Waals surface area contributed by atoms with Gasteiger partial charge in [0.2, 0.25) is 0 Å². The first-order chi connectivity index (χ1) is 11.6. The minimum atomic E-state index is -0.355. The first-order valence-corrected chi connectivity index (χ1v) is 9.78. The van der Waals surface area contributed by atoms with Gasteiger partial charge in [-0.15, -0.1) is 0 Å². The third-order valence-electron chi connectivity index (χ3n) is 5.24. The Morgan fingerprint density at radius 2 is 2.08 bits per heavy atom. The molecule has 0 spiro atoms. The van der Waals surface area contributed by atoms with E-state index in [9.17, 15) is 10.1 Å². The molecule has 0 radical (unpaired) electrons. The SMILES string of the molecule is Cc1cc([N+](=O)[O-])ccc1N=C1SCCN1C(C)C1CCCCC1. The van der Waals surface area contributed by atoms with E-state index in [-0.39, 0.29) is 10.6 Å². The first-order valence-electron chi connectivity index (χ1n) is 8.79. The van der Waals surface area contributed by atoms with E-state index in [0.29, 0.717) is 6.04 Å². The first kappa shape index (κ1) is 17.3. The third-order valence-corrected chi connectivity index (χ3v) is 6.21. The molecule has 1 unspecified atom stereocenters. The van der Waals surface area contributed by atoms with Gasteiger partial charge in [0.05, 0.1) is 10.6 Å². The average molecular weight is 347 g/mol. The zero-order valence-corrected chi connectivity index (χ0v) is 15.2. The summed E-state index contributed by atoms with van der Waals surface area (Å²) in [5, 5.41) is 12.0. The molecular weight excluding hydrogens is 322 g/mol. The third kappa shape index (κ3) is 3.74. The van der Waals surface area contributed by atoms with Crippen LogP contribution < -0.4 is 0 Å². The van der Waals surface area contributed by atoms with Gasteiger partial charge in [-0.2, -0.15) is 0 Å². The minimum absolute atomic E-state index is 0.128. The van der Waals surface area contributed by atoms with Crippen LogP contribution in [0.2, 0.25) is 0 Å². The van der Waals surface area contributed by atoms with Crippen LogP contribution in [0.5, 0.6) is 0 Å². The average Bonchev–Trinajstić information content (AvgIpc) is 3.04. The van der Waals surface area contributed by atoms with E-state index >= 15 is 0 Å². The molecule has 1 aromatic rings. The second-order valence-corrected chi connectivity index (χ2v) is 7.86. The second-order valence-electron chi connectivity index (χ2n) is 6.80. The molecule has 1 saturated heterocycles. The fourth-order valence-electron chi connectivity index (χ4n) is 3.74. The van der Waals surface area contributed by atoms with E-state index in [2.05, 4.69) is 11.8 Å². The van der Waals surface area contributed by atoms with Gasteiger partial charge >= 0.3 is 0 Å². The Kier molecular flexibility index (Phi) is 5.43. The fourth-order valence-corrected chi connectivity index (χ4v) is 4.80. The van der Waals surface area contributed by atoms with Gasteiger partial charge in [-0.25, -0.2) is 4.99 Å². The van der Waals surface area contributed by atoms with Crippen LogP contribution in [0.25, 0.3) is 0 Å². The number of nitrogens with zero attached hydrogens (tertiary/aromatic N) is 3. The quantitative estimate of drug-likeness (QED) is 0.573. The monoisotopic (exact) mass is 347 g/mol. The molecule has 3 rings (SSSR count). The van der Waals surface area contributed by atoms with Crippen LogP contribution in [-0.4, -0.2) is 33.3 Å². The van der Waals surface area contributed by atoms with Crippen LogP contribution in [0.4, 0.5) is 11.4 Å². The Morgan fingerprint density at radius 1 is 1.33 bits per heavy atom. The summed E-state index contributed by atoms with van der Waals surface area (Å²) >= 11 is 1.80. The zero-order chi connectivity index (χ0) is 17.1. The number of non-ortho nitro benzene ring substituents is 1. The van der Waals surface area contributed by atoms with Gasteiger partial charge < -0.3 is 4.90 Å². The van der Waals surface area contributed by atoms with Gasteiger partial charge in [0.1, 0.15) is 0 Å². The van der Waals surface area contributed by atoms with Crippen molar-refractivity contribution in [2.24, 2.45) is 10.9 Å². The molecular formula is C18H25N3O2S. The fraction of sp³-hybridized carbons (Fsp3) is 0.611. The molecule has 130 valence electrons. The van der Waals surface area contributed by atoms with Gasteiger partial charge in [-0.1, -0.05) is 31.0 Å². The maximum Gasteiger partial charge on any atom is 0.269 e. The van der Waals surface area contributed by atoms with Crippen LogP contribution in [-0.2, 0) is 0 Å². The topological polar surface area (TPSA) is 58.7 Å². The molecule has 1 aliphatic carbocycles. The predicted molar refractivity (Wildman–Crippen MR) is 100 cm³/mol. The molecule has 2 fully saturated rings. The van der Waals surface area contributed by atoms with E-state index in [1.807, 2.05) is 6.92 Å². The van der Waals surface area contributed by atoms with E-state index in [1.165, 1.54) is 32.1 Å². The number of aliphatic imine (C=N–C) groups is 1. The Hall–Kier alpha value is -1.56. The zero-order valence-electron chi connectivity index (χ0n) is 14.4. The van der Waals surface area contributed by atoms with Crippen molar-refractivity contribution in [2.75, 3.05) is 12.3 Å². The minimum Gasteiger partial charge on any atom is -0.347 e. The normalized spacial score (nSPS) is 22.1. The largest absolute Gasteiger partial charge is 0.347 e. The molecule has 2 aliphatic rings. The summed E-state index contributed by atoms with van der Waals surface area (Å²) in [7, 11) is 0. The van der Waals surface area contributed by atoms with E-state index in [0.717, 1.165) is 34.6 Å². The van der Waals surface area contributed by atoms with E-state index < -0.39 is 0 Å². The van der Waals surface area contributed by atoms with Crippen molar-refractivity contribution < 1.29 is 4.92 Å².